The number of halogens is 2. The van der Waals surface area contributed by atoms with Crippen LogP contribution in [0.4, 0.5) is 10.8 Å². The highest BCUT2D eigenvalue weighted by Crippen LogP contribution is 2.28. The maximum Gasteiger partial charge on any atom is 0.210 e. The Kier molecular flexibility index (Phi) is 3.61. The van der Waals surface area contributed by atoms with Crippen molar-refractivity contribution in [3.63, 3.8) is 0 Å². The Morgan fingerprint density at radius 3 is 2.25 bits per heavy atom. The van der Waals surface area contributed by atoms with Gasteiger partial charge in [-0.05, 0) is 53.0 Å². The summed E-state index contributed by atoms with van der Waals surface area (Å²) >= 11 is 8.30. The van der Waals surface area contributed by atoms with Crippen LogP contribution in [0.15, 0.2) is 20.5 Å². The summed E-state index contributed by atoms with van der Waals surface area (Å²) in [6.45, 7) is 4.14. The molecule has 0 unspecified atom stereocenters. The molecule has 6 heteroatoms. The van der Waals surface area contributed by atoms with E-state index in [0.717, 1.165) is 19.2 Å². The molecule has 0 radical (unpaired) electrons. The van der Waals surface area contributed by atoms with E-state index >= 15 is 0 Å². The van der Waals surface area contributed by atoms with Gasteiger partial charge in [0.05, 0.1) is 0 Å². The smallest absolute Gasteiger partial charge is 0.210 e. The van der Waals surface area contributed by atoms with E-state index in [-0.39, 0.29) is 0 Å². The number of aryl methyl sites for hydroxylation is 2. The quantitative estimate of drug-likeness (QED) is 0.858. The third kappa shape index (κ3) is 2.61. The van der Waals surface area contributed by atoms with Crippen molar-refractivity contribution in [2.45, 2.75) is 13.8 Å². The summed E-state index contributed by atoms with van der Waals surface area (Å²) < 4.78 is 1.93. The van der Waals surface area contributed by atoms with Crippen molar-refractivity contribution in [2.24, 2.45) is 0 Å². The average molecular weight is 363 g/mol. The van der Waals surface area contributed by atoms with E-state index in [1.807, 2.05) is 0 Å². The molecule has 84 valence electrons. The Labute approximate surface area is 115 Å². The van der Waals surface area contributed by atoms with Gasteiger partial charge in [0.25, 0.3) is 0 Å². The van der Waals surface area contributed by atoms with Crippen LogP contribution in [-0.2, 0) is 0 Å². The summed E-state index contributed by atoms with van der Waals surface area (Å²) in [6, 6.07) is 4.15. The first-order valence-corrected chi connectivity index (χ1v) is 6.99. The van der Waals surface area contributed by atoms with Crippen LogP contribution in [0.3, 0.4) is 0 Å². The SMILES string of the molecule is Cc1cc(Nc2nnc(Br)s2)cc(C)c1Br. The van der Waals surface area contributed by atoms with E-state index in [0.29, 0.717) is 0 Å². The van der Waals surface area contributed by atoms with Gasteiger partial charge < -0.3 is 5.32 Å². The maximum absolute atomic E-state index is 3.99. The second-order valence-electron chi connectivity index (χ2n) is 3.41. The van der Waals surface area contributed by atoms with E-state index in [4.69, 9.17) is 0 Å². The van der Waals surface area contributed by atoms with Crippen LogP contribution >= 0.6 is 43.2 Å². The molecule has 0 spiro atoms. The number of nitrogens with one attached hydrogen (secondary N) is 1. The Bertz CT molecular complexity index is 502. The van der Waals surface area contributed by atoms with Gasteiger partial charge in [-0.15, -0.1) is 10.2 Å². The first-order valence-electron chi connectivity index (χ1n) is 4.59. The molecule has 1 heterocycles. The normalized spacial score (nSPS) is 10.5. The highest BCUT2D eigenvalue weighted by molar-refractivity contribution is 9.11. The largest absolute Gasteiger partial charge is 0.330 e. The number of hydrogen-bond acceptors (Lipinski definition) is 4. The zero-order valence-electron chi connectivity index (χ0n) is 8.71. The molecule has 2 aromatic rings. The topological polar surface area (TPSA) is 37.8 Å². The van der Waals surface area contributed by atoms with Crippen LogP contribution < -0.4 is 5.32 Å². The fourth-order valence-corrected chi connectivity index (χ4v) is 2.66. The van der Waals surface area contributed by atoms with Crippen molar-refractivity contribution >= 4 is 54.0 Å². The van der Waals surface area contributed by atoms with E-state index in [9.17, 15) is 0 Å². The van der Waals surface area contributed by atoms with Crippen LogP contribution in [0, 0.1) is 13.8 Å². The Morgan fingerprint density at radius 1 is 1.12 bits per heavy atom. The zero-order chi connectivity index (χ0) is 11.7. The second kappa shape index (κ2) is 4.81. The summed E-state index contributed by atoms with van der Waals surface area (Å²) in [7, 11) is 0. The number of nitrogens with zero attached hydrogens (tertiary/aromatic N) is 2. The van der Waals surface area contributed by atoms with E-state index in [2.05, 4.69) is 73.4 Å². The van der Waals surface area contributed by atoms with E-state index in [1.165, 1.54) is 22.5 Å². The second-order valence-corrected chi connectivity index (χ2v) is 6.46. The summed E-state index contributed by atoms with van der Waals surface area (Å²) in [5, 5.41) is 11.9. The van der Waals surface area contributed by atoms with Gasteiger partial charge >= 0.3 is 0 Å². The summed E-state index contributed by atoms with van der Waals surface area (Å²) in [6.07, 6.45) is 0. The molecule has 3 nitrogen and oxygen atoms in total. The number of rotatable bonds is 2. The number of anilines is 2. The molecule has 0 amide bonds. The standard InChI is InChI=1S/C10H9Br2N3S/c1-5-3-7(4-6(2)8(5)11)13-10-15-14-9(12)16-10/h3-4H,1-2H3,(H,13,15). The predicted molar refractivity (Wildman–Crippen MR) is 74.5 cm³/mol. The lowest BCUT2D eigenvalue weighted by molar-refractivity contribution is 1.07. The molecule has 0 aliphatic carbocycles. The molecule has 2 rings (SSSR count). The van der Waals surface area contributed by atoms with Gasteiger partial charge in [-0.1, -0.05) is 27.3 Å². The number of hydrogen-bond donors (Lipinski definition) is 1. The Morgan fingerprint density at radius 2 is 1.75 bits per heavy atom. The minimum absolute atomic E-state index is 0.778. The van der Waals surface area contributed by atoms with Crippen LogP contribution in [0.2, 0.25) is 0 Å². The van der Waals surface area contributed by atoms with Crippen molar-refractivity contribution in [1.29, 1.82) is 0 Å². The molecular weight excluding hydrogens is 354 g/mol. The lowest BCUT2D eigenvalue weighted by atomic mass is 10.1. The monoisotopic (exact) mass is 361 g/mol. The van der Waals surface area contributed by atoms with Crippen molar-refractivity contribution in [3.8, 4) is 0 Å². The first kappa shape index (κ1) is 12.0. The van der Waals surface area contributed by atoms with Gasteiger partial charge in [0.1, 0.15) is 0 Å². The minimum atomic E-state index is 0.778. The molecule has 16 heavy (non-hydrogen) atoms. The first-order chi connectivity index (χ1) is 7.56. The summed E-state index contributed by atoms with van der Waals surface area (Å²) in [4.78, 5) is 0. The third-order valence-corrected chi connectivity index (χ3v) is 4.61. The van der Waals surface area contributed by atoms with Crippen molar-refractivity contribution < 1.29 is 0 Å². The van der Waals surface area contributed by atoms with Crippen LogP contribution in [0.1, 0.15) is 11.1 Å². The molecule has 1 aromatic carbocycles. The fourth-order valence-electron chi connectivity index (χ4n) is 1.40. The molecule has 0 atom stereocenters. The van der Waals surface area contributed by atoms with Gasteiger partial charge in [0.15, 0.2) is 3.92 Å². The highest BCUT2D eigenvalue weighted by atomic mass is 79.9. The average Bonchev–Trinajstić information content (AvgIpc) is 2.60. The van der Waals surface area contributed by atoms with E-state index < -0.39 is 0 Å². The number of benzene rings is 1. The minimum Gasteiger partial charge on any atom is -0.330 e. The molecule has 0 bridgehead atoms. The molecule has 0 saturated heterocycles. The van der Waals surface area contributed by atoms with Crippen LogP contribution in [0.25, 0.3) is 0 Å². The molecule has 0 aliphatic heterocycles. The molecule has 0 aliphatic rings. The van der Waals surface area contributed by atoms with Crippen molar-refractivity contribution in [2.75, 3.05) is 5.32 Å². The van der Waals surface area contributed by atoms with Crippen LogP contribution in [-0.4, -0.2) is 10.2 Å². The maximum atomic E-state index is 3.99. The Hall–Kier alpha value is -0.460. The molecule has 1 N–H and O–H groups in total. The van der Waals surface area contributed by atoms with Gasteiger partial charge in [0.2, 0.25) is 5.13 Å². The molecular formula is C10H9Br2N3S. The molecule has 1 aromatic heterocycles. The molecule has 0 fully saturated rings. The lowest BCUT2D eigenvalue weighted by Crippen LogP contribution is -1.92. The Balaban J connectivity index is 2.28. The fraction of sp³-hybridized carbons (Fsp3) is 0.200. The molecule has 0 saturated carbocycles. The predicted octanol–water partition coefficient (Wildman–Crippen LogP) is 4.42. The summed E-state index contributed by atoms with van der Waals surface area (Å²) in [5.74, 6) is 0. The van der Waals surface area contributed by atoms with Gasteiger partial charge in [-0.3, -0.25) is 0 Å². The van der Waals surface area contributed by atoms with Crippen LogP contribution in [0.5, 0.6) is 0 Å². The number of aromatic nitrogens is 2. The van der Waals surface area contributed by atoms with Crippen molar-refractivity contribution in [3.05, 3.63) is 31.6 Å². The van der Waals surface area contributed by atoms with Gasteiger partial charge in [-0.25, -0.2) is 0 Å². The third-order valence-electron chi connectivity index (χ3n) is 2.09. The summed E-state index contributed by atoms with van der Waals surface area (Å²) in [5.41, 5.74) is 3.43. The zero-order valence-corrected chi connectivity index (χ0v) is 12.7. The highest BCUT2D eigenvalue weighted by Gasteiger charge is 2.05. The lowest BCUT2D eigenvalue weighted by Gasteiger charge is -2.07. The van der Waals surface area contributed by atoms with Crippen molar-refractivity contribution in [1.82, 2.24) is 10.2 Å². The van der Waals surface area contributed by atoms with Gasteiger partial charge in [0, 0.05) is 10.2 Å². The van der Waals surface area contributed by atoms with Gasteiger partial charge in [-0.2, -0.15) is 0 Å². The van der Waals surface area contributed by atoms with E-state index in [1.54, 1.807) is 0 Å².